The molecule has 3 nitrogen and oxygen atoms in total. The monoisotopic (exact) mass is 243 g/mol. The summed E-state index contributed by atoms with van der Waals surface area (Å²) in [5.74, 6) is -0.374. The van der Waals surface area contributed by atoms with Gasteiger partial charge in [-0.2, -0.15) is 9.78 Å². The molecule has 17 heavy (non-hydrogen) atoms. The van der Waals surface area contributed by atoms with Crippen molar-refractivity contribution in [1.82, 2.24) is 4.90 Å². The molecule has 0 aromatic rings. The standard InChI is InChI=1S/C14H29NO2/c1-4-5-6-7-8-9-10-11-12-13-14(15(2)3)16-17-14/h4-13H2,1-3H3. The summed E-state index contributed by atoms with van der Waals surface area (Å²) in [6, 6.07) is 0. The highest BCUT2D eigenvalue weighted by molar-refractivity contribution is 4.70. The van der Waals surface area contributed by atoms with Gasteiger partial charge in [0.1, 0.15) is 0 Å². The molecule has 1 heterocycles. The van der Waals surface area contributed by atoms with Gasteiger partial charge in [0.15, 0.2) is 0 Å². The summed E-state index contributed by atoms with van der Waals surface area (Å²) in [6.45, 7) is 2.27. The van der Waals surface area contributed by atoms with Crippen LogP contribution in [0.1, 0.15) is 71.1 Å². The highest BCUT2D eigenvalue weighted by Gasteiger charge is 2.50. The van der Waals surface area contributed by atoms with Gasteiger partial charge in [-0.1, -0.05) is 58.3 Å². The van der Waals surface area contributed by atoms with Crippen molar-refractivity contribution in [2.75, 3.05) is 14.1 Å². The Morgan fingerprint density at radius 2 is 1.24 bits per heavy atom. The van der Waals surface area contributed by atoms with Crippen LogP contribution in [-0.4, -0.2) is 24.9 Å². The first-order valence-corrected chi connectivity index (χ1v) is 7.25. The minimum atomic E-state index is -0.374. The molecule has 0 amide bonds. The van der Waals surface area contributed by atoms with Crippen molar-refractivity contribution in [2.24, 2.45) is 0 Å². The SMILES string of the molecule is CCCCCCCCCCCC1(N(C)C)OO1. The maximum absolute atomic E-state index is 5.06. The molecule has 1 aliphatic rings. The molecule has 0 N–H and O–H groups in total. The minimum absolute atomic E-state index is 0.374. The predicted octanol–water partition coefficient (Wildman–Crippen LogP) is 4.08. The van der Waals surface area contributed by atoms with Crippen LogP contribution < -0.4 is 0 Å². The summed E-state index contributed by atoms with van der Waals surface area (Å²) in [5, 5.41) is 0. The van der Waals surface area contributed by atoms with E-state index in [0.717, 1.165) is 6.42 Å². The lowest BCUT2D eigenvalue weighted by Crippen LogP contribution is -2.30. The van der Waals surface area contributed by atoms with E-state index in [9.17, 15) is 0 Å². The summed E-state index contributed by atoms with van der Waals surface area (Å²) < 4.78 is 0. The Morgan fingerprint density at radius 1 is 0.765 bits per heavy atom. The molecule has 3 heteroatoms. The van der Waals surface area contributed by atoms with E-state index < -0.39 is 0 Å². The maximum atomic E-state index is 5.06. The molecule has 1 rings (SSSR count). The largest absolute Gasteiger partial charge is 0.289 e. The topological polar surface area (TPSA) is 28.3 Å². The van der Waals surface area contributed by atoms with Gasteiger partial charge in [-0.15, -0.1) is 0 Å². The molecule has 1 fully saturated rings. The van der Waals surface area contributed by atoms with Crippen molar-refractivity contribution in [3.8, 4) is 0 Å². The predicted molar refractivity (Wildman–Crippen MR) is 70.4 cm³/mol. The highest BCUT2D eigenvalue weighted by atomic mass is 17.4. The first kappa shape index (κ1) is 14.9. The molecule has 0 atom stereocenters. The average Bonchev–Trinajstić information content (AvgIpc) is 3.08. The van der Waals surface area contributed by atoms with E-state index in [0.29, 0.717) is 0 Å². The van der Waals surface area contributed by atoms with E-state index >= 15 is 0 Å². The number of rotatable bonds is 11. The van der Waals surface area contributed by atoms with Crippen LogP contribution in [0, 0.1) is 0 Å². The Hall–Kier alpha value is -0.120. The van der Waals surface area contributed by atoms with Gasteiger partial charge in [-0.3, -0.25) is 4.90 Å². The maximum Gasteiger partial charge on any atom is 0.289 e. The number of nitrogens with zero attached hydrogens (tertiary/aromatic N) is 1. The minimum Gasteiger partial charge on any atom is -0.254 e. The molecule has 102 valence electrons. The van der Waals surface area contributed by atoms with Crippen LogP contribution in [0.3, 0.4) is 0 Å². The van der Waals surface area contributed by atoms with E-state index in [2.05, 4.69) is 6.92 Å². The lowest BCUT2D eigenvalue weighted by Gasteiger charge is -2.14. The number of hydrogen-bond donors (Lipinski definition) is 0. The van der Waals surface area contributed by atoms with Crippen molar-refractivity contribution < 1.29 is 9.78 Å². The number of unbranched alkanes of at least 4 members (excludes halogenated alkanes) is 8. The molecule has 0 unspecified atom stereocenters. The number of hydrogen-bond acceptors (Lipinski definition) is 3. The van der Waals surface area contributed by atoms with Crippen LogP contribution in [-0.2, 0) is 9.78 Å². The molecule has 1 saturated heterocycles. The first-order valence-electron chi connectivity index (χ1n) is 7.25. The van der Waals surface area contributed by atoms with Gasteiger partial charge in [0.05, 0.1) is 0 Å². The fourth-order valence-corrected chi connectivity index (χ4v) is 2.16. The van der Waals surface area contributed by atoms with Crippen LogP contribution >= 0.6 is 0 Å². The van der Waals surface area contributed by atoms with Gasteiger partial charge >= 0.3 is 0 Å². The van der Waals surface area contributed by atoms with Crippen LogP contribution in [0.5, 0.6) is 0 Å². The van der Waals surface area contributed by atoms with Crippen LogP contribution in [0.25, 0.3) is 0 Å². The first-order chi connectivity index (χ1) is 8.21. The average molecular weight is 243 g/mol. The van der Waals surface area contributed by atoms with Crippen molar-refractivity contribution in [1.29, 1.82) is 0 Å². The zero-order valence-electron chi connectivity index (χ0n) is 11.8. The molecule has 0 bridgehead atoms. The van der Waals surface area contributed by atoms with Gasteiger partial charge in [0, 0.05) is 6.42 Å². The Bertz CT molecular complexity index is 191. The lowest BCUT2D eigenvalue weighted by molar-refractivity contribution is 0.0850. The Balaban J connectivity index is 1.82. The van der Waals surface area contributed by atoms with Crippen LogP contribution in [0.2, 0.25) is 0 Å². The van der Waals surface area contributed by atoms with Gasteiger partial charge in [-0.05, 0) is 20.5 Å². The highest BCUT2D eigenvalue weighted by Crippen LogP contribution is 2.36. The van der Waals surface area contributed by atoms with E-state index in [1.807, 2.05) is 19.0 Å². The van der Waals surface area contributed by atoms with Crippen molar-refractivity contribution in [3.05, 3.63) is 0 Å². The molecular formula is C14H29NO2. The second kappa shape index (κ2) is 8.06. The third kappa shape index (κ3) is 5.84. The summed E-state index contributed by atoms with van der Waals surface area (Å²) in [4.78, 5) is 12.1. The molecule has 0 aliphatic carbocycles. The molecule has 0 saturated carbocycles. The van der Waals surface area contributed by atoms with Crippen molar-refractivity contribution in [3.63, 3.8) is 0 Å². The van der Waals surface area contributed by atoms with E-state index in [4.69, 9.17) is 9.78 Å². The molecule has 0 aromatic carbocycles. The summed E-state index contributed by atoms with van der Waals surface area (Å²) in [6.07, 6.45) is 13.2. The Morgan fingerprint density at radius 3 is 1.65 bits per heavy atom. The zero-order chi connectivity index (χ0) is 12.6. The Kier molecular flexibility index (Phi) is 7.09. The Labute approximate surface area is 106 Å². The van der Waals surface area contributed by atoms with E-state index in [1.54, 1.807) is 0 Å². The normalized spacial score (nSPS) is 17.6. The fraction of sp³-hybridized carbons (Fsp3) is 1.00. The van der Waals surface area contributed by atoms with Gasteiger partial charge in [-0.25, -0.2) is 0 Å². The van der Waals surface area contributed by atoms with Crippen molar-refractivity contribution in [2.45, 2.75) is 77.0 Å². The second-order valence-corrected chi connectivity index (χ2v) is 5.35. The third-order valence-electron chi connectivity index (χ3n) is 3.55. The zero-order valence-corrected chi connectivity index (χ0v) is 11.8. The van der Waals surface area contributed by atoms with Crippen LogP contribution in [0.4, 0.5) is 0 Å². The van der Waals surface area contributed by atoms with Gasteiger partial charge in [0.25, 0.3) is 5.91 Å². The van der Waals surface area contributed by atoms with Crippen molar-refractivity contribution >= 4 is 0 Å². The quantitative estimate of drug-likeness (QED) is 0.311. The van der Waals surface area contributed by atoms with Gasteiger partial charge in [0.2, 0.25) is 0 Å². The molecule has 0 spiro atoms. The lowest BCUT2D eigenvalue weighted by atomic mass is 10.1. The second-order valence-electron chi connectivity index (χ2n) is 5.35. The molecule has 0 radical (unpaired) electrons. The summed E-state index contributed by atoms with van der Waals surface area (Å²) in [5.41, 5.74) is 0. The third-order valence-corrected chi connectivity index (χ3v) is 3.55. The molecule has 1 aliphatic heterocycles. The fourth-order valence-electron chi connectivity index (χ4n) is 2.16. The molecule has 0 aromatic heterocycles. The summed E-state index contributed by atoms with van der Waals surface area (Å²) >= 11 is 0. The molecular weight excluding hydrogens is 214 g/mol. The van der Waals surface area contributed by atoms with E-state index in [1.165, 1.54) is 57.8 Å². The smallest absolute Gasteiger partial charge is 0.254 e. The van der Waals surface area contributed by atoms with Gasteiger partial charge < -0.3 is 0 Å². The van der Waals surface area contributed by atoms with E-state index in [-0.39, 0.29) is 5.91 Å². The van der Waals surface area contributed by atoms with Crippen LogP contribution in [0.15, 0.2) is 0 Å². The summed E-state index contributed by atoms with van der Waals surface area (Å²) in [7, 11) is 4.00.